The maximum absolute atomic E-state index is 12.1. The fourth-order valence-corrected chi connectivity index (χ4v) is 2.62. The molecule has 0 fully saturated rings. The molecule has 8 heteroatoms. The molecule has 0 radical (unpaired) electrons. The Hall–Kier alpha value is -2.67. The van der Waals surface area contributed by atoms with Crippen LogP contribution in [-0.4, -0.2) is 34.7 Å². The third-order valence-corrected chi connectivity index (χ3v) is 3.75. The number of anilines is 2. The maximum Gasteiger partial charge on any atom is 0.361 e. The van der Waals surface area contributed by atoms with Gasteiger partial charge < -0.3 is 14.2 Å². The van der Waals surface area contributed by atoms with Gasteiger partial charge in [-0.25, -0.2) is 9.78 Å². The Morgan fingerprint density at radius 1 is 1.33 bits per heavy atom. The number of ether oxygens (including phenoxy) is 1. The minimum Gasteiger partial charge on any atom is -0.461 e. The Bertz CT molecular complexity index is 909. The van der Waals surface area contributed by atoms with Crippen LogP contribution < -0.4 is 4.90 Å². The summed E-state index contributed by atoms with van der Waals surface area (Å²) in [6.45, 7) is 3.68. The van der Waals surface area contributed by atoms with Gasteiger partial charge in [0.2, 0.25) is 5.69 Å². The third kappa shape index (κ3) is 2.78. The van der Waals surface area contributed by atoms with Gasteiger partial charge in [-0.15, -0.1) is 0 Å². The molecule has 0 atom stereocenters. The first kappa shape index (κ1) is 16.2. The molecule has 2 aromatic heterocycles. The van der Waals surface area contributed by atoms with Gasteiger partial charge in [-0.3, -0.25) is 0 Å². The van der Waals surface area contributed by atoms with Crippen molar-refractivity contribution in [1.82, 2.24) is 15.1 Å². The summed E-state index contributed by atoms with van der Waals surface area (Å²) < 4.78 is 10.2. The minimum absolute atomic E-state index is 0.0424. The molecule has 124 valence electrons. The number of fused-ring (bicyclic) bond motifs is 1. The van der Waals surface area contributed by atoms with Gasteiger partial charge in [-0.1, -0.05) is 28.9 Å². The van der Waals surface area contributed by atoms with Crippen molar-refractivity contribution in [2.75, 3.05) is 18.6 Å². The molecule has 0 bridgehead atoms. The van der Waals surface area contributed by atoms with Crippen LogP contribution >= 0.6 is 11.6 Å². The zero-order chi connectivity index (χ0) is 17.3. The molecule has 0 saturated heterocycles. The molecule has 24 heavy (non-hydrogen) atoms. The van der Waals surface area contributed by atoms with E-state index in [1.54, 1.807) is 31.9 Å². The highest BCUT2D eigenvalue weighted by Crippen LogP contribution is 2.34. The Kier molecular flexibility index (Phi) is 4.35. The molecule has 0 aliphatic carbocycles. The molecule has 0 amide bonds. The Morgan fingerprint density at radius 3 is 2.79 bits per heavy atom. The maximum atomic E-state index is 12.1. The van der Waals surface area contributed by atoms with Gasteiger partial charge in [0.25, 0.3) is 5.71 Å². The highest BCUT2D eigenvalue weighted by Gasteiger charge is 2.25. The first-order valence-electron chi connectivity index (χ1n) is 7.32. The van der Waals surface area contributed by atoms with E-state index in [9.17, 15) is 4.79 Å². The topological polar surface area (TPSA) is 81.3 Å². The second-order valence-electron chi connectivity index (χ2n) is 5.04. The Labute approximate surface area is 143 Å². The van der Waals surface area contributed by atoms with Crippen molar-refractivity contribution in [2.24, 2.45) is 0 Å². The number of aromatic nitrogens is 3. The van der Waals surface area contributed by atoms with Crippen molar-refractivity contribution in [2.45, 2.75) is 13.8 Å². The molecule has 0 spiro atoms. The lowest BCUT2D eigenvalue weighted by Crippen LogP contribution is -2.15. The largest absolute Gasteiger partial charge is 0.461 e. The van der Waals surface area contributed by atoms with Crippen LogP contribution in [0.25, 0.3) is 11.1 Å². The molecule has 1 aromatic carbocycles. The number of para-hydroxylation sites is 1. The normalized spacial score (nSPS) is 10.8. The highest BCUT2D eigenvalue weighted by molar-refractivity contribution is 6.33. The van der Waals surface area contributed by atoms with E-state index in [2.05, 4.69) is 15.1 Å². The summed E-state index contributed by atoms with van der Waals surface area (Å²) >= 11 is 6.27. The monoisotopic (exact) mass is 346 g/mol. The first-order valence-corrected chi connectivity index (χ1v) is 7.70. The fourth-order valence-electron chi connectivity index (χ4n) is 2.36. The first-order chi connectivity index (χ1) is 11.5. The summed E-state index contributed by atoms with van der Waals surface area (Å²) in [7, 11) is 1.80. The molecular weight excluding hydrogens is 332 g/mol. The number of esters is 1. The highest BCUT2D eigenvalue weighted by atomic mass is 35.5. The van der Waals surface area contributed by atoms with Crippen molar-refractivity contribution in [1.29, 1.82) is 0 Å². The number of carbonyl (C=O) groups is 1. The zero-order valence-corrected chi connectivity index (χ0v) is 14.2. The number of benzene rings is 1. The number of hydrogen-bond acceptors (Lipinski definition) is 7. The summed E-state index contributed by atoms with van der Waals surface area (Å²) in [4.78, 5) is 22.5. The van der Waals surface area contributed by atoms with E-state index in [1.165, 1.54) is 0 Å². The second-order valence-corrected chi connectivity index (χ2v) is 5.44. The van der Waals surface area contributed by atoms with E-state index in [-0.39, 0.29) is 18.0 Å². The lowest BCUT2D eigenvalue weighted by molar-refractivity contribution is 0.0517. The number of aryl methyl sites for hydroxylation is 1. The zero-order valence-electron chi connectivity index (χ0n) is 13.4. The predicted octanol–water partition coefficient (Wildman–Crippen LogP) is 3.52. The Balaban J connectivity index is 2.21. The van der Waals surface area contributed by atoms with E-state index in [0.29, 0.717) is 22.1 Å². The number of carbonyl (C=O) groups excluding carboxylic acids is 1. The summed E-state index contributed by atoms with van der Waals surface area (Å²) in [5, 5.41) is 4.75. The van der Waals surface area contributed by atoms with Gasteiger partial charge in [0, 0.05) is 7.05 Å². The van der Waals surface area contributed by atoms with E-state index in [4.69, 9.17) is 20.9 Å². The van der Waals surface area contributed by atoms with E-state index < -0.39 is 5.97 Å². The molecule has 0 unspecified atom stereocenters. The standard InChI is InChI=1S/C16H15ClN4O3/c1-4-23-16(22)13-12-14(18-9(2)19-15(12)24-20-13)21(3)11-8-6-5-7-10(11)17/h5-8H,4H2,1-3H3. The van der Waals surface area contributed by atoms with Crippen LogP contribution in [0.3, 0.4) is 0 Å². The van der Waals surface area contributed by atoms with Gasteiger partial charge in [-0.05, 0) is 26.0 Å². The van der Waals surface area contributed by atoms with Crippen LogP contribution in [0, 0.1) is 6.92 Å². The average Bonchev–Trinajstić information content (AvgIpc) is 2.98. The second kappa shape index (κ2) is 6.45. The molecule has 0 aliphatic rings. The lowest BCUT2D eigenvalue weighted by Gasteiger charge is -2.20. The smallest absolute Gasteiger partial charge is 0.361 e. The van der Waals surface area contributed by atoms with Gasteiger partial charge >= 0.3 is 5.97 Å². The number of halogens is 1. The predicted molar refractivity (Wildman–Crippen MR) is 89.8 cm³/mol. The van der Waals surface area contributed by atoms with Crippen molar-refractivity contribution in [3.63, 3.8) is 0 Å². The SMILES string of the molecule is CCOC(=O)c1noc2nc(C)nc(N(C)c3ccccc3Cl)c12. The van der Waals surface area contributed by atoms with Gasteiger partial charge in [-0.2, -0.15) is 4.98 Å². The van der Waals surface area contributed by atoms with Crippen molar-refractivity contribution >= 4 is 40.2 Å². The van der Waals surface area contributed by atoms with Gasteiger partial charge in [0.15, 0.2) is 0 Å². The van der Waals surface area contributed by atoms with Crippen molar-refractivity contribution in [3.8, 4) is 0 Å². The van der Waals surface area contributed by atoms with E-state index >= 15 is 0 Å². The van der Waals surface area contributed by atoms with Crippen molar-refractivity contribution < 1.29 is 14.1 Å². The molecule has 3 rings (SSSR count). The van der Waals surface area contributed by atoms with Crippen LogP contribution in [0.15, 0.2) is 28.8 Å². The van der Waals surface area contributed by atoms with E-state index in [1.807, 2.05) is 18.2 Å². The lowest BCUT2D eigenvalue weighted by atomic mass is 10.2. The summed E-state index contributed by atoms with van der Waals surface area (Å²) in [5.74, 6) is 0.371. The van der Waals surface area contributed by atoms with Gasteiger partial charge in [0.05, 0.1) is 17.3 Å². The van der Waals surface area contributed by atoms with Crippen LogP contribution in [0.5, 0.6) is 0 Å². The molecule has 2 heterocycles. The summed E-state index contributed by atoms with van der Waals surface area (Å²) in [5.41, 5.74) is 0.995. The minimum atomic E-state index is -0.586. The number of nitrogens with zero attached hydrogens (tertiary/aromatic N) is 4. The van der Waals surface area contributed by atoms with Gasteiger partial charge in [0.1, 0.15) is 17.0 Å². The number of rotatable bonds is 4. The quantitative estimate of drug-likeness (QED) is 0.668. The van der Waals surface area contributed by atoms with Crippen LogP contribution in [-0.2, 0) is 4.74 Å². The molecule has 0 N–H and O–H groups in total. The molecular formula is C16H15ClN4O3. The Morgan fingerprint density at radius 2 is 2.08 bits per heavy atom. The summed E-state index contributed by atoms with van der Waals surface area (Å²) in [6, 6.07) is 7.33. The molecule has 0 saturated carbocycles. The molecule has 3 aromatic rings. The fraction of sp³-hybridized carbons (Fsp3) is 0.250. The van der Waals surface area contributed by atoms with Crippen LogP contribution in [0.4, 0.5) is 11.5 Å². The number of hydrogen-bond donors (Lipinski definition) is 0. The van der Waals surface area contributed by atoms with Crippen molar-refractivity contribution in [3.05, 3.63) is 40.8 Å². The van der Waals surface area contributed by atoms with Crippen LogP contribution in [0.1, 0.15) is 23.2 Å². The third-order valence-electron chi connectivity index (χ3n) is 3.43. The average molecular weight is 347 g/mol. The summed E-state index contributed by atoms with van der Waals surface area (Å²) in [6.07, 6.45) is 0. The van der Waals surface area contributed by atoms with E-state index in [0.717, 1.165) is 5.69 Å². The van der Waals surface area contributed by atoms with Crippen LogP contribution in [0.2, 0.25) is 5.02 Å². The molecule has 7 nitrogen and oxygen atoms in total. The molecule has 0 aliphatic heterocycles.